The summed E-state index contributed by atoms with van der Waals surface area (Å²) in [5.41, 5.74) is 7.56. The molecular formula is C21H24FN3O2. The lowest BCUT2D eigenvalue weighted by molar-refractivity contribution is -0.133. The van der Waals surface area contributed by atoms with E-state index in [-0.39, 0.29) is 23.5 Å². The Labute approximate surface area is 158 Å². The van der Waals surface area contributed by atoms with Gasteiger partial charge in [-0.2, -0.15) is 0 Å². The van der Waals surface area contributed by atoms with E-state index in [2.05, 4.69) is 5.32 Å². The van der Waals surface area contributed by atoms with E-state index in [9.17, 15) is 14.0 Å². The smallest absolute Gasteiger partial charge is 0.255 e. The number of carbonyl (C=O) groups excluding carboxylic acids is 2. The molecule has 0 aliphatic heterocycles. The van der Waals surface area contributed by atoms with Gasteiger partial charge in [-0.15, -0.1) is 0 Å². The number of hydrogen-bond donors (Lipinski definition) is 2. The lowest BCUT2D eigenvalue weighted by Crippen LogP contribution is -2.33. The van der Waals surface area contributed by atoms with E-state index < -0.39 is 0 Å². The van der Waals surface area contributed by atoms with Gasteiger partial charge in [0.05, 0.1) is 0 Å². The van der Waals surface area contributed by atoms with Crippen LogP contribution in [-0.2, 0) is 11.3 Å². The van der Waals surface area contributed by atoms with Gasteiger partial charge in [0.25, 0.3) is 5.91 Å². The number of benzene rings is 2. The van der Waals surface area contributed by atoms with Crippen LogP contribution in [0.25, 0.3) is 0 Å². The molecule has 0 spiro atoms. The van der Waals surface area contributed by atoms with E-state index in [0.29, 0.717) is 30.9 Å². The average molecular weight is 369 g/mol. The number of carbonyl (C=O) groups is 2. The third kappa shape index (κ3) is 5.37. The molecule has 3 rings (SSSR count). The first-order valence-corrected chi connectivity index (χ1v) is 9.21. The maximum atomic E-state index is 13.0. The highest BCUT2D eigenvalue weighted by Gasteiger charge is 2.33. The number of nitrogens with two attached hydrogens (primary N) is 1. The third-order valence-electron chi connectivity index (χ3n) is 4.54. The lowest BCUT2D eigenvalue weighted by atomic mass is 10.1. The van der Waals surface area contributed by atoms with Crippen LogP contribution in [0.2, 0.25) is 0 Å². The molecule has 0 heterocycles. The van der Waals surface area contributed by atoms with Gasteiger partial charge in [-0.1, -0.05) is 12.1 Å². The minimum atomic E-state index is -0.383. The Balaban J connectivity index is 1.67. The lowest BCUT2D eigenvalue weighted by Gasteiger charge is -2.23. The molecule has 27 heavy (non-hydrogen) atoms. The van der Waals surface area contributed by atoms with Gasteiger partial charge in [0.1, 0.15) is 5.82 Å². The standard InChI is InChI=1S/C21H24FN3O2/c22-18-9-7-16(8-10-18)20(26)24-19-4-1-3-15(13-19)14-25(12-2-11-23)21(27)17-5-6-17/h1,3-4,7-10,13,17H,2,5-6,11-12,14,23H2,(H,24,26). The fourth-order valence-corrected chi connectivity index (χ4v) is 2.91. The molecule has 6 heteroatoms. The normalized spacial score (nSPS) is 13.3. The molecule has 0 saturated heterocycles. The Morgan fingerprint density at radius 1 is 1.15 bits per heavy atom. The number of amides is 2. The second-order valence-corrected chi connectivity index (χ2v) is 6.84. The molecule has 1 saturated carbocycles. The maximum Gasteiger partial charge on any atom is 0.255 e. The molecule has 5 nitrogen and oxygen atoms in total. The van der Waals surface area contributed by atoms with Gasteiger partial charge in [-0.3, -0.25) is 9.59 Å². The van der Waals surface area contributed by atoms with Crippen molar-refractivity contribution in [3.05, 3.63) is 65.5 Å². The Kier molecular flexibility index (Phi) is 6.19. The topological polar surface area (TPSA) is 75.4 Å². The van der Waals surface area contributed by atoms with E-state index >= 15 is 0 Å². The predicted octanol–water partition coefficient (Wildman–Crippen LogP) is 3.17. The summed E-state index contributed by atoms with van der Waals surface area (Å²) in [6, 6.07) is 12.8. The van der Waals surface area contributed by atoms with Gasteiger partial charge < -0.3 is 16.0 Å². The summed E-state index contributed by atoms with van der Waals surface area (Å²) in [7, 11) is 0. The van der Waals surface area contributed by atoms with Crippen molar-refractivity contribution in [1.29, 1.82) is 0 Å². The summed E-state index contributed by atoms with van der Waals surface area (Å²) in [6.45, 7) is 1.68. The Hall–Kier alpha value is -2.73. The SMILES string of the molecule is NCCCN(Cc1cccc(NC(=O)c2ccc(F)cc2)c1)C(=O)C1CC1. The second kappa shape index (κ2) is 8.77. The molecular weight excluding hydrogens is 345 g/mol. The molecule has 142 valence electrons. The zero-order valence-electron chi connectivity index (χ0n) is 15.2. The van der Waals surface area contributed by atoms with Crippen molar-refractivity contribution in [2.24, 2.45) is 11.7 Å². The Morgan fingerprint density at radius 2 is 1.89 bits per heavy atom. The van der Waals surface area contributed by atoms with E-state index in [1.807, 2.05) is 23.1 Å². The average Bonchev–Trinajstić information content (AvgIpc) is 3.50. The van der Waals surface area contributed by atoms with Gasteiger partial charge in [0.2, 0.25) is 5.91 Å². The van der Waals surface area contributed by atoms with Crippen molar-refractivity contribution >= 4 is 17.5 Å². The first-order chi connectivity index (χ1) is 13.1. The number of rotatable bonds is 8. The monoisotopic (exact) mass is 369 g/mol. The number of nitrogens with zero attached hydrogens (tertiary/aromatic N) is 1. The van der Waals surface area contributed by atoms with Crippen LogP contribution in [0.3, 0.4) is 0 Å². The molecule has 3 N–H and O–H groups in total. The molecule has 0 radical (unpaired) electrons. The van der Waals surface area contributed by atoms with Gasteiger partial charge >= 0.3 is 0 Å². The van der Waals surface area contributed by atoms with Crippen molar-refractivity contribution in [2.45, 2.75) is 25.8 Å². The molecule has 1 aliphatic carbocycles. The van der Waals surface area contributed by atoms with Gasteiger partial charge in [-0.25, -0.2) is 4.39 Å². The van der Waals surface area contributed by atoms with E-state index in [4.69, 9.17) is 5.73 Å². The quantitative estimate of drug-likeness (QED) is 0.750. The van der Waals surface area contributed by atoms with Gasteiger partial charge in [0, 0.05) is 30.3 Å². The van der Waals surface area contributed by atoms with Gasteiger partial charge in [-0.05, 0) is 67.8 Å². The predicted molar refractivity (Wildman–Crippen MR) is 103 cm³/mol. The molecule has 2 aromatic carbocycles. The summed E-state index contributed by atoms with van der Waals surface area (Å²) in [5.74, 6) is -0.346. The highest BCUT2D eigenvalue weighted by Crippen LogP contribution is 2.31. The highest BCUT2D eigenvalue weighted by atomic mass is 19.1. The van der Waals surface area contributed by atoms with E-state index in [1.165, 1.54) is 24.3 Å². The molecule has 2 aromatic rings. The highest BCUT2D eigenvalue weighted by molar-refractivity contribution is 6.04. The van der Waals surface area contributed by atoms with Crippen molar-refractivity contribution < 1.29 is 14.0 Å². The Bertz CT molecular complexity index is 803. The number of nitrogens with one attached hydrogen (secondary N) is 1. The molecule has 0 atom stereocenters. The van der Waals surface area contributed by atoms with Crippen LogP contribution in [0.5, 0.6) is 0 Å². The van der Waals surface area contributed by atoms with Crippen LogP contribution in [0.15, 0.2) is 48.5 Å². The van der Waals surface area contributed by atoms with Crippen LogP contribution in [0, 0.1) is 11.7 Å². The number of anilines is 1. The zero-order valence-corrected chi connectivity index (χ0v) is 15.2. The second-order valence-electron chi connectivity index (χ2n) is 6.84. The van der Waals surface area contributed by atoms with Crippen LogP contribution < -0.4 is 11.1 Å². The molecule has 1 fully saturated rings. The fourth-order valence-electron chi connectivity index (χ4n) is 2.91. The minimum absolute atomic E-state index is 0.157. The van der Waals surface area contributed by atoms with E-state index in [0.717, 1.165) is 24.8 Å². The zero-order chi connectivity index (χ0) is 19.2. The summed E-state index contributed by atoms with van der Waals surface area (Å²) >= 11 is 0. The fraction of sp³-hybridized carbons (Fsp3) is 0.333. The molecule has 0 bridgehead atoms. The summed E-state index contributed by atoms with van der Waals surface area (Å²) in [4.78, 5) is 26.6. The molecule has 0 aromatic heterocycles. The third-order valence-corrected chi connectivity index (χ3v) is 4.54. The first-order valence-electron chi connectivity index (χ1n) is 9.21. The van der Waals surface area contributed by atoms with Crippen LogP contribution in [-0.4, -0.2) is 29.8 Å². The summed E-state index contributed by atoms with van der Waals surface area (Å²) in [6.07, 6.45) is 2.69. The minimum Gasteiger partial charge on any atom is -0.338 e. The summed E-state index contributed by atoms with van der Waals surface area (Å²) < 4.78 is 13.0. The molecule has 2 amide bonds. The van der Waals surface area contributed by atoms with Crippen molar-refractivity contribution in [2.75, 3.05) is 18.4 Å². The van der Waals surface area contributed by atoms with E-state index in [1.54, 1.807) is 6.07 Å². The number of halogens is 1. The van der Waals surface area contributed by atoms with Crippen LogP contribution in [0.1, 0.15) is 35.2 Å². The van der Waals surface area contributed by atoms with Crippen molar-refractivity contribution in [3.63, 3.8) is 0 Å². The van der Waals surface area contributed by atoms with Crippen molar-refractivity contribution in [3.8, 4) is 0 Å². The molecule has 1 aliphatic rings. The van der Waals surface area contributed by atoms with Gasteiger partial charge in [0.15, 0.2) is 0 Å². The largest absolute Gasteiger partial charge is 0.338 e. The van der Waals surface area contributed by atoms with Crippen molar-refractivity contribution in [1.82, 2.24) is 4.90 Å². The van der Waals surface area contributed by atoms with Crippen LogP contribution >= 0.6 is 0 Å². The number of hydrogen-bond acceptors (Lipinski definition) is 3. The first kappa shape index (κ1) is 19.0. The maximum absolute atomic E-state index is 13.0. The summed E-state index contributed by atoms with van der Waals surface area (Å²) in [5, 5.41) is 2.81. The Morgan fingerprint density at radius 3 is 2.56 bits per heavy atom. The van der Waals surface area contributed by atoms with Crippen LogP contribution in [0.4, 0.5) is 10.1 Å². The molecule has 0 unspecified atom stereocenters.